The summed E-state index contributed by atoms with van der Waals surface area (Å²) in [5, 5.41) is 0. The highest BCUT2D eigenvalue weighted by molar-refractivity contribution is 5.50. The third kappa shape index (κ3) is 4.75. The fraction of sp³-hybridized carbons (Fsp3) is 0.556. The molecule has 0 bridgehead atoms. The average Bonchev–Trinajstić information content (AvgIpc) is 2.78. The van der Waals surface area contributed by atoms with Gasteiger partial charge in [-0.05, 0) is 60.9 Å². The summed E-state index contributed by atoms with van der Waals surface area (Å²) in [6, 6.07) is 14.5. The smallest absolute Gasteiger partial charge is 0.164 e. The maximum atomic E-state index is 5.90. The van der Waals surface area contributed by atoms with Crippen LogP contribution in [-0.4, -0.2) is 49.2 Å². The Hall–Kier alpha value is -2.04. The number of hydrogen-bond donors (Lipinski definition) is 0. The number of rotatable bonds is 6. The molecule has 4 heteroatoms. The molecule has 0 aliphatic carbocycles. The summed E-state index contributed by atoms with van der Waals surface area (Å²) in [5.41, 5.74) is 5.60. The van der Waals surface area contributed by atoms with E-state index in [9.17, 15) is 0 Å². The molecule has 2 heterocycles. The van der Waals surface area contributed by atoms with Crippen LogP contribution in [0.5, 0.6) is 11.5 Å². The lowest BCUT2D eigenvalue weighted by atomic mass is 9.90. The second kappa shape index (κ2) is 9.62. The Labute approximate surface area is 188 Å². The maximum Gasteiger partial charge on any atom is 0.164 e. The van der Waals surface area contributed by atoms with Crippen molar-refractivity contribution in [2.24, 2.45) is 0 Å². The average molecular weight is 423 g/mol. The minimum absolute atomic E-state index is 0.426. The van der Waals surface area contributed by atoms with Crippen LogP contribution >= 0.6 is 0 Å². The molecule has 0 radical (unpaired) electrons. The molecule has 4 rings (SSSR count). The molecule has 4 nitrogen and oxygen atoms in total. The number of piperazine rings is 1. The summed E-state index contributed by atoms with van der Waals surface area (Å²) < 4.78 is 11.6. The predicted octanol–water partition coefficient (Wildman–Crippen LogP) is 5.41. The van der Waals surface area contributed by atoms with Gasteiger partial charge in [0.2, 0.25) is 0 Å². The molecular formula is C27H38N2O2. The number of ether oxygens (including phenoxy) is 2. The van der Waals surface area contributed by atoms with E-state index in [-0.39, 0.29) is 0 Å². The van der Waals surface area contributed by atoms with Gasteiger partial charge >= 0.3 is 0 Å². The first-order valence-corrected chi connectivity index (χ1v) is 11.9. The van der Waals surface area contributed by atoms with Gasteiger partial charge in [-0.3, -0.25) is 9.80 Å². The van der Waals surface area contributed by atoms with Crippen LogP contribution in [0.3, 0.4) is 0 Å². The third-order valence-corrected chi connectivity index (χ3v) is 6.80. The quantitative estimate of drug-likeness (QED) is 0.621. The second-order valence-corrected chi connectivity index (χ2v) is 9.60. The van der Waals surface area contributed by atoms with E-state index in [0.717, 1.165) is 57.1 Å². The van der Waals surface area contributed by atoms with Crippen LogP contribution in [0, 0.1) is 0 Å². The first-order valence-electron chi connectivity index (χ1n) is 11.9. The van der Waals surface area contributed by atoms with Crippen molar-refractivity contribution in [2.75, 3.05) is 33.4 Å². The van der Waals surface area contributed by atoms with Crippen LogP contribution < -0.4 is 9.47 Å². The van der Waals surface area contributed by atoms with E-state index in [2.05, 4.69) is 73.9 Å². The molecule has 1 saturated heterocycles. The number of aryl methyl sites for hydroxylation is 1. The number of methoxy groups -OCH3 is 1. The van der Waals surface area contributed by atoms with Crippen molar-refractivity contribution in [3.8, 4) is 11.5 Å². The van der Waals surface area contributed by atoms with Gasteiger partial charge in [-0.25, -0.2) is 0 Å². The molecule has 2 aliphatic heterocycles. The Balaban J connectivity index is 1.59. The van der Waals surface area contributed by atoms with Crippen molar-refractivity contribution >= 4 is 0 Å². The van der Waals surface area contributed by atoms with Gasteiger partial charge in [-0.1, -0.05) is 44.2 Å². The molecule has 2 aliphatic rings. The molecule has 0 amide bonds. The lowest BCUT2D eigenvalue weighted by Crippen LogP contribution is -2.50. The minimum Gasteiger partial charge on any atom is -0.493 e. The van der Waals surface area contributed by atoms with Crippen LogP contribution in [0.25, 0.3) is 0 Å². The molecule has 0 N–H and O–H groups in total. The van der Waals surface area contributed by atoms with Gasteiger partial charge in [0.25, 0.3) is 0 Å². The summed E-state index contributed by atoms with van der Waals surface area (Å²) in [6.07, 6.45) is 2.16. The molecule has 0 saturated carbocycles. The van der Waals surface area contributed by atoms with Crippen LogP contribution in [0.15, 0.2) is 36.4 Å². The van der Waals surface area contributed by atoms with E-state index in [4.69, 9.17) is 9.47 Å². The number of benzene rings is 2. The summed E-state index contributed by atoms with van der Waals surface area (Å²) in [7, 11) is 1.75. The third-order valence-electron chi connectivity index (χ3n) is 6.80. The van der Waals surface area contributed by atoms with E-state index in [1.54, 1.807) is 7.11 Å². The van der Waals surface area contributed by atoms with Gasteiger partial charge in [-0.2, -0.15) is 0 Å². The van der Waals surface area contributed by atoms with Crippen molar-refractivity contribution in [3.05, 3.63) is 58.7 Å². The first-order chi connectivity index (χ1) is 15.0. The van der Waals surface area contributed by atoms with Gasteiger partial charge in [0, 0.05) is 38.3 Å². The van der Waals surface area contributed by atoms with E-state index in [1.807, 2.05) is 0 Å². The minimum atomic E-state index is 0.426. The Morgan fingerprint density at radius 3 is 2.65 bits per heavy atom. The molecule has 2 aromatic rings. The monoisotopic (exact) mass is 422 g/mol. The highest BCUT2D eigenvalue weighted by Gasteiger charge is 2.31. The van der Waals surface area contributed by atoms with Crippen molar-refractivity contribution in [2.45, 2.75) is 65.1 Å². The predicted molar refractivity (Wildman–Crippen MR) is 127 cm³/mol. The SMILES string of the molecule is COc1cc(CN2CCN(C(C)C)C(c3ccccc3C(C)C)C2)cc2c1OCCC2. The Bertz CT molecular complexity index is 876. The Kier molecular flexibility index (Phi) is 6.88. The Morgan fingerprint density at radius 1 is 1.10 bits per heavy atom. The normalized spacial score (nSPS) is 20.0. The molecule has 1 fully saturated rings. The van der Waals surface area contributed by atoms with E-state index >= 15 is 0 Å². The lowest BCUT2D eigenvalue weighted by molar-refractivity contribution is 0.0462. The zero-order valence-electron chi connectivity index (χ0n) is 19.9. The lowest BCUT2D eigenvalue weighted by Gasteiger charge is -2.44. The zero-order valence-corrected chi connectivity index (χ0v) is 19.9. The summed E-state index contributed by atoms with van der Waals surface area (Å²) in [6.45, 7) is 14.3. The van der Waals surface area contributed by atoms with Crippen LogP contribution in [0.1, 0.15) is 68.3 Å². The number of nitrogens with zero attached hydrogens (tertiary/aromatic N) is 2. The summed E-state index contributed by atoms with van der Waals surface area (Å²) in [4.78, 5) is 5.30. The number of hydrogen-bond acceptors (Lipinski definition) is 4. The van der Waals surface area contributed by atoms with Gasteiger partial charge < -0.3 is 9.47 Å². The van der Waals surface area contributed by atoms with Crippen LogP contribution in [-0.2, 0) is 13.0 Å². The van der Waals surface area contributed by atoms with Gasteiger partial charge in [-0.15, -0.1) is 0 Å². The number of fused-ring (bicyclic) bond motifs is 1. The summed E-state index contributed by atoms with van der Waals surface area (Å²) in [5.74, 6) is 2.37. The molecule has 31 heavy (non-hydrogen) atoms. The van der Waals surface area contributed by atoms with Crippen molar-refractivity contribution in [1.82, 2.24) is 9.80 Å². The van der Waals surface area contributed by atoms with Crippen LogP contribution in [0.2, 0.25) is 0 Å². The van der Waals surface area contributed by atoms with E-state index in [0.29, 0.717) is 18.0 Å². The fourth-order valence-corrected chi connectivity index (χ4v) is 5.24. The second-order valence-electron chi connectivity index (χ2n) is 9.60. The van der Waals surface area contributed by atoms with Crippen molar-refractivity contribution in [3.63, 3.8) is 0 Å². The molecule has 2 aromatic carbocycles. The molecule has 0 aromatic heterocycles. The molecular weight excluding hydrogens is 384 g/mol. The Morgan fingerprint density at radius 2 is 1.90 bits per heavy atom. The van der Waals surface area contributed by atoms with Gasteiger partial charge in [0.15, 0.2) is 11.5 Å². The van der Waals surface area contributed by atoms with Gasteiger partial charge in [0.1, 0.15) is 0 Å². The van der Waals surface area contributed by atoms with E-state index in [1.165, 1.54) is 22.3 Å². The fourth-order valence-electron chi connectivity index (χ4n) is 5.24. The van der Waals surface area contributed by atoms with Crippen molar-refractivity contribution < 1.29 is 9.47 Å². The molecule has 0 spiro atoms. The topological polar surface area (TPSA) is 24.9 Å². The zero-order chi connectivity index (χ0) is 22.0. The van der Waals surface area contributed by atoms with Crippen molar-refractivity contribution in [1.29, 1.82) is 0 Å². The highest BCUT2D eigenvalue weighted by Crippen LogP contribution is 2.37. The van der Waals surface area contributed by atoms with Gasteiger partial charge in [0.05, 0.1) is 13.7 Å². The molecule has 168 valence electrons. The van der Waals surface area contributed by atoms with Crippen LogP contribution in [0.4, 0.5) is 0 Å². The van der Waals surface area contributed by atoms with E-state index < -0.39 is 0 Å². The first kappa shape index (κ1) is 22.2. The molecule has 1 atom stereocenters. The maximum absolute atomic E-state index is 5.90. The molecule has 1 unspecified atom stereocenters. The highest BCUT2D eigenvalue weighted by atomic mass is 16.5. The largest absolute Gasteiger partial charge is 0.493 e. The standard InChI is InChI=1S/C27H38N2O2/c1-19(2)23-10-6-7-11-24(23)25-18-28(12-13-29(25)20(3)4)17-21-15-22-9-8-14-31-27(22)26(16-21)30-5/h6-7,10-11,15-16,19-20,25H,8-9,12-14,17-18H2,1-5H3. The summed E-state index contributed by atoms with van der Waals surface area (Å²) >= 11 is 0.